The van der Waals surface area contributed by atoms with Crippen LogP contribution in [-0.4, -0.2) is 22.7 Å². The molecule has 0 aliphatic heterocycles. The van der Waals surface area contributed by atoms with Crippen molar-refractivity contribution in [2.75, 3.05) is 12.5 Å². The second-order valence-corrected chi connectivity index (χ2v) is 7.58. The van der Waals surface area contributed by atoms with Gasteiger partial charge in [0, 0.05) is 10.0 Å². The van der Waals surface area contributed by atoms with E-state index in [2.05, 4.69) is 26.3 Å². The zero-order valence-corrected chi connectivity index (χ0v) is 17.7. The predicted octanol–water partition coefficient (Wildman–Crippen LogP) is 4.15. The highest BCUT2D eigenvalue weighted by atomic mass is 79.9. The summed E-state index contributed by atoms with van der Waals surface area (Å²) in [5.74, 6) is 0.700. The van der Waals surface area contributed by atoms with Gasteiger partial charge in [-0.25, -0.2) is 4.98 Å². The first-order chi connectivity index (χ1) is 14.5. The van der Waals surface area contributed by atoms with Crippen molar-refractivity contribution in [1.29, 1.82) is 0 Å². The molecular formula is C23H18BrN3O3. The van der Waals surface area contributed by atoms with E-state index in [1.807, 2.05) is 48.5 Å². The Kier molecular flexibility index (Phi) is 5.63. The molecule has 0 bridgehead atoms. The van der Waals surface area contributed by atoms with Crippen LogP contribution in [-0.2, 0) is 11.2 Å². The molecule has 6 nitrogen and oxygen atoms in total. The third-order valence-corrected chi connectivity index (χ3v) is 5.14. The van der Waals surface area contributed by atoms with Gasteiger partial charge in [0.2, 0.25) is 5.91 Å². The standard InChI is InChI=1S/C23H18BrN3O3/c1-30-18-6-4-5-15(13-18)14-21(28)26-27-22(16-9-11-17(24)12-10-16)25-20-8-3-2-7-19(20)23(27)29/h2-13H,14H2,1H3,(H,26,28). The van der Waals surface area contributed by atoms with Crippen LogP contribution in [0.3, 0.4) is 0 Å². The molecule has 0 aliphatic carbocycles. The van der Waals surface area contributed by atoms with E-state index in [-0.39, 0.29) is 17.9 Å². The van der Waals surface area contributed by atoms with Crippen LogP contribution >= 0.6 is 15.9 Å². The molecule has 1 heterocycles. The summed E-state index contributed by atoms with van der Waals surface area (Å²) in [4.78, 5) is 30.6. The highest BCUT2D eigenvalue weighted by Gasteiger charge is 2.15. The average molecular weight is 464 g/mol. The van der Waals surface area contributed by atoms with Crippen molar-refractivity contribution in [2.45, 2.75) is 6.42 Å². The first-order valence-corrected chi connectivity index (χ1v) is 10.0. The highest BCUT2D eigenvalue weighted by molar-refractivity contribution is 9.10. The normalized spacial score (nSPS) is 10.7. The molecule has 0 saturated heterocycles. The van der Waals surface area contributed by atoms with Crippen LogP contribution in [0.4, 0.5) is 0 Å². The van der Waals surface area contributed by atoms with E-state index in [1.54, 1.807) is 31.4 Å². The molecule has 0 fully saturated rings. The molecule has 0 spiro atoms. The number of ether oxygens (including phenoxy) is 1. The van der Waals surface area contributed by atoms with Gasteiger partial charge in [-0.2, -0.15) is 4.68 Å². The SMILES string of the molecule is COc1cccc(CC(=O)Nn2c(-c3ccc(Br)cc3)nc3ccccc3c2=O)c1. The lowest BCUT2D eigenvalue weighted by atomic mass is 10.1. The maximum atomic E-state index is 13.2. The van der Waals surface area contributed by atoms with Gasteiger partial charge < -0.3 is 4.74 Å². The van der Waals surface area contributed by atoms with Crippen molar-refractivity contribution >= 4 is 32.7 Å². The minimum Gasteiger partial charge on any atom is -0.497 e. The molecule has 1 N–H and O–H groups in total. The molecule has 0 unspecified atom stereocenters. The Balaban J connectivity index is 1.75. The minimum atomic E-state index is -0.336. The van der Waals surface area contributed by atoms with E-state index >= 15 is 0 Å². The molecule has 7 heteroatoms. The Morgan fingerprint density at radius 3 is 2.60 bits per heavy atom. The predicted molar refractivity (Wildman–Crippen MR) is 120 cm³/mol. The highest BCUT2D eigenvalue weighted by Crippen LogP contribution is 2.21. The molecule has 0 radical (unpaired) electrons. The van der Waals surface area contributed by atoms with E-state index in [4.69, 9.17) is 4.74 Å². The van der Waals surface area contributed by atoms with Gasteiger partial charge in [0.1, 0.15) is 5.75 Å². The third-order valence-electron chi connectivity index (χ3n) is 4.61. The molecule has 1 amide bonds. The number of hydrogen-bond donors (Lipinski definition) is 1. The molecular weight excluding hydrogens is 446 g/mol. The number of rotatable bonds is 5. The average Bonchev–Trinajstić information content (AvgIpc) is 2.76. The number of para-hydroxylation sites is 1. The maximum absolute atomic E-state index is 13.2. The molecule has 0 atom stereocenters. The Labute approximate surface area is 181 Å². The smallest absolute Gasteiger partial charge is 0.280 e. The Hall–Kier alpha value is -3.45. The fraction of sp³-hybridized carbons (Fsp3) is 0.0870. The van der Waals surface area contributed by atoms with Gasteiger partial charge in [-0.05, 0) is 42.0 Å². The van der Waals surface area contributed by atoms with Crippen LogP contribution in [0.1, 0.15) is 5.56 Å². The minimum absolute atomic E-state index is 0.0935. The number of carbonyl (C=O) groups excluding carboxylic acids is 1. The second kappa shape index (κ2) is 8.51. The van der Waals surface area contributed by atoms with E-state index in [1.165, 1.54) is 4.68 Å². The van der Waals surface area contributed by atoms with Gasteiger partial charge in [0.25, 0.3) is 5.56 Å². The van der Waals surface area contributed by atoms with Crippen LogP contribution in [0.5, 0.6) is 5.75 Å². The molecule has 1 aromatic heterocycles. The number of nitrogens with zero attached hydrogens (tertiary/aromatic N) is 2. The molecule has 3 aromatic carbocycles. The summed E-state index contributed by atoms with van der Waals surface area (Å²) in [6.07, 6.45) is 0.0935. The zero-order chi connectivity index (χ0) is 21.1. The first kappa shape index (κ1) is 19.8. The number of hydrogen-bond acceptors (Lipinski definition) is 4. The molecule has 0 saturated carbocycles. The van der Waals surface area contributed by atoms with Crippen molar-refractivity contribution in [1.82, 2.24) is 9.66 Å². The molecule has 4 rings (SSSR count). The van der Waals surface area contributed by atoms with Crippen LogP contribution < -0.4 is 15.7 Å². The van der Waals surface area contributed by atoms with Gasteiger partial charge in [-0.1, -0.05) is 52.3 Å². The van der Waals surface area contributed by atoms with E-state index < -0.39 is 0 Å². The quantitative estimate of drug-likeness (QED) is 0.482. The van der Waals surface area contributed by atoms with Gasteiger partial charge in [0.05, 0.1) is 24.4 Å². The summed E-state index contributed by atoms with van der Waals surface area (Å²) in [5.41, 5.74) is 4.44. The first-order valence-electron chi connectivity index (χ1n) is 9.25. The summed E-state index contributed by atoms with van der Waals surface area (Å²) in [6.45, 7) is 0. The summed E-state index contributed by atoms with van der Waals surface area (Å²) >= 11 is 3.41. The number of fused-ring (bicyclic) bond motifs is 1. The Bertz CT molecular complexity index is 1280. The largest absolute Gasteiger partial charge is 0.497 e. The van der Waals surface area contributed by atoms with Gasteiger partial charge >= 0.3 is 0 Å². The zero-order valence-electron chi connectivity index (χ0n) is 16.1. The summed E-state index contributed by atoms with van der Waals surface area (Å²) in [5, 5.41) is 0.431. The third kappa shape index (κ3) is 4.11. The number of methoxy groups -OCH3 is 1. The monoisotopic (exact) mass is 463 g/mol. The molecule has 4 aromatic rings. The van der Waals surface area contributed by atoms with Crippen LogP contribution in [0.15, 0.2) is 82.1 Å². The maximum Gasteiger partial charge on any atom is 0.280 e. The summed E-state index contributed by atoms with van der Waals surface area (Å²) < 4.78 is 7.33. The number of benzene rings is 3. The van der Waals surface area contributed by atoms with E-state index in [0.29, 0.717) is 28.0 Å². The van der Waals surface area contributed by atoms with Crippen molar-refractivity contribution in [3.05, 3.63) is 93.2 Å². The lowest BCUT2D eigenvalue weighted by Gasteiger charge is -2.15. The number of nitrogens with one attached hydrogen (secondary N) is 1. The lowest BCUT2D eigenvalue weighted by molar-refractivity contribution is -0.116. The van der Waals surface area contributed by atoms with Gasteiger partial charge in [-0.3, -0.25) is 15.0 Å². The summed E-state index contributed by atoms with van der Waals surface area (Å²) in [6, 6.07) is 21.7. The Morgan fingerprint density at radius 2 is 1.83 bits per heavy atom. The van der Waals surface area contributed by atoms with Gasteiger partial charge in [0.15, 0.2) is 5.82 Å². The molecule has 0 aliphatic rings. The second-order valence-electron chi connectivity index (χ2n) is 6.66. The van der Waals surface area contributed by atoms with Crippen molar-refractivity contribution in [3.63, 3.8) is 0 Å². The van der Waals surface area contributed by atoms with Crippen LogP contribution in [0, 0.1) is 0 Å². The van der Waals surface area contributed by atoms with Crippen molar-refractivity contribution in [3.8, 4) is 17.1 Å². The molecule has 150 valence electrons. The fourth-order valence-electron chi connectivity index (χ4n) is 3.16. The number of halogens is 1. The number of amides is 1. The number of carbonyl (C=O) groups is 1. The van der Waals surface area contributed by atoms with Crippen molar-refractivity contribution < 1.29 is 9.53 Å². The number of aromatic nitrogens is 2. The topological polar surface area (TPSA) is 73.2 Å². The summed E-state index contributed by atoms with van der Waals surface area (Å²) in [7, 11) is 1.57. The lowest BCUT2D eigenvalue weighted by Crippen LogP contribution is -2.35. The van der Waals surface area contributed by atoms with E-state index in [0.717, 1.165) is 10.0 Å². The molecule has 30 heavy (non-hydrogen) atoms. The van der Waals surface area contributed by atoms with Crippen LogP contribution in [0.25, 0.3) is 22.3 Å². The fourth-order valence-corrected chi connectivity index (χ4v) is 3.43. The Morgan fingerprint density at radius 1 is 1.07 bits per heavy atom. The van der Waals surface area contributed by atoms with Crippen molar-refractivity contribution in [2.24, 2.45) is 0 Å². The van der Waals surface area contributed by atoms with Gasteiger partial charge in [-0.15, -0.1) is 0 Å². The van der Waals surface area contributed by atoms with E-state index in [9.17, 15) is 9.59 Å². The van der Waals surface area contributed by atoms with Crippen LogP contribution in [0.2, 0.25) is 0 Å².